The van der Waals surface area contributed by atoms with Gasteiger partial charge in [-0.15, -0.1) is 0 Å². The van der Waals surface area contributed by atoms with Crippen molar-refractivity contribution in [2.24, 2.45) is 0 Å². The Bertz CT molecular complexity index is 415. The fourth-order valence-electron chi connectivity index (χ4n) is 1.40. The van der Waals surface area contributed by atoms with Crippen LogP contribution in [-0.2, 0) is 15.7 Å². The summed E-state index contributed by atoms with van der Waals surface area (Å²) in [5.41, 5.74) is -0.236. The third-order valence-corrected chi connectivity index (χ3v) is 2.47. The molecule has 0 aliphatic heterocycles. The van der Waals surface area contributed by atoms with Crippen LogP contribution in [0.1, 0.15) is 32.3 Å². The minimum Gasteiger partial charge on any atom is -0.442 e. The van der Waals surface area contributed by atoms with Crippen LogP contribution in [0.4, 0.5) is 18.9 Å². The molecular formula is C13H16F3NO2. The summed E-state index contributed by atoms with van der Waals surface area (Å²) in [6, 6.07) is 4.59. The van der Waals surface area contributed by atoms with E-state index in [1.165, 1.54) is 12.1 Å². The minimum atomic E-state index is -4.35. The molecule has 0 radical (unpaired) electrons. The summed E-state index contributed by atoms with van der Waals surface area (Å²) in [5, 5.41) is 2.86. The normalized spacial score (nSPS) is 12.9. The molecule has 0 aliphatic carbocycles. The molecule has 0 amide bonds. The summed E-state index contributed by atoms with van der Waals surface area (Å²) in [7, 11) is 0. The van der Waals surface area contributed by atoms with Crippen molar-refractivity contribution in [1.29, 1.82) is 0 Å². The molecule has 106 valence electrons. The molecule has 1 aromatic rings. The van der Waals surface area contributed by atoms with Crippen LogP contribution in [0.2, 0.25) is 0 Å². The molecule has 0 saturated carbocycles. The van der Waals surface area contributed by atoms with Crippen LogP contribution < -0.4 is 5.32 Å². The van der Waals surface area contributed by atoms with Crippen molar-refractivity contribution in [2.75, 3.05) is 5.32 Å². The fourth-order valence-corrected chi connectivity index (χ4v) is 1.40. The molecule has 0 aliphatic rings. The number of anilines is 1. The second kappa shape index (κ2) is 6.45. The van der Waals surface area contributed by atoms with E-state index in [2.05, 4.69) is 5.32 Å². The Morgan fingerprint density at radius 3 is 2.26 bits per heavy atom. The number of halogens is 3. The number of ether oxygens (including phenoxy) is 1. The molecule has 0 bridgehead atoms. The molecule has 0 aromatic heterocycles. The predicted octanol–water partition coefficient (Wildman–Crippen LogP) is 3.81. The summed E-state index contributed by atoms with van der Waals surface area (Å²) in [6.07, 6.45) is -4.11. The average molecular weight is 275 g/mol. The van der Waals surface area contributed by atoms with Gasteiger partial charge in [0.1, 0.15) is 0 Å². The first kappa shape index (κ1) is 15.3. The Labute approximate surface area is 109 Å². The summed E-state index contributed by atoms with van der Waals surface area (Å²) in [4.78, 5) is 11.1. The van der Waals surface area contributed by atoms with Crippen LogP contribution in [0.5, 0.6) is 0 Å². The Hall–Kier alpha value is -1.72. The van der Waals surface area contributed by atoms with Gasteiger partial charge in [-0.1, -0.05) is 13.8 Å². The van der Waals surface area contributed by atoms with Crippen molar-refractivity contribution < 1.29 is 22.7 Å². The molecule has 1 atom stereocenters. The number of alkyl halides is 3. The molecular weight excluding hydrogens is 259 g/mol. The lowest BCUT2D eigenvalue weighted by Crippen LogP contribution is -2.25. The smallest absolute Gasteiger partial charge is 0.416 e. The highest BCUT2D eigenvalue weighted by Crippen LogP contribution is 2.29. The zero-order chi connectivity index (χ0) is 14.5. The third kappa shape index (κ3) is 4.81. The Morgan fingerprint density at radius 1 is 1.26 bits per heavy atom. The standard InChI is InChI=1S/C13H16F3NO2/c1-3-11(19-12(18)4-2)17-10-7-5-9(6-8-10)13(14,15)16/h5-8,11,17H,3-4H2,1-2H3. The van der Waals surface area contributed by atoms with E-state index < -0.39 is 18.0 Å². The Balaban J connectivity index is 2.68. The number of hydrogen-bond donors (Lipinski definition) is 1. The van der Waals surface area contributed by atoms with Gasteiger partial charge >= 0.3 is 12.1 Å². The number of rotatable bonds is 5. The van der Waals surface area contributed by atoms with Gasteiger partial charge in [-0.25, -0.2) is 0 Å². The van der Waals surface area contributed by atoms with Gasteiger partial charge in [0, 0.05) is 18.5 Å². The van der Waals surface area contributed by atoms with Gasteiger partial charge in [-0.3, -0.25) is 4.79 Å². The van der Waals surface area contributed by atoms with Gasteiger partial charge in [-0.05, 0) is 24.3 Å². The predicted molar refractivity (Wildman–Crippen MR) is 65.5 cm³/mol. The molecule has 1 rings (SSSR count). The topological polar surface area (TPSA) is 38.3 Å². The monoisotopic (exact) mass is 275 g/mol. The second-order valence-electron chi connectivity index (χ2n) is 3.96. The maximum Gasteiger partial charge on any atom is 0.416 e. The number of hydrogen-bond acceptors (Lipinski definition) is 3. The van der Waals surface area contributed by atoms with Crippen LogP contribution in [0, 0.1) is 0 Å². The van der Waals surface area contributed by atoms with Gasteiger partial charge in [-0.2, -0.15) is 13.2 Å². The highest BCUT2D eigenvalue weighted by Gasteiger charge is 2.30. The molecule has 1 N–H and O–H groups in total. The van der Waals surface area contributed by atoms with E-state index in [-0.39, 0.29) is 12.4 Å². The van der Waals surface area contributed by atoms with Gasteiger partial charge in [0.25, 0.3) is 0 Å². The summed E-state index contributed by atoms with van der Waals surface area (Å²) in [5.74, 6) is -0.355. The number of carbonyl (C=O) groups is 1. The maximum absolute atomic E-state index is 12.4. The van der Waals surface area contributed by atoms with E-state index in [1.807, 2.05) is 6.92 Å². The largest absolute Gasteiger partial charge is 0.442 e. The van der Waals surface area contributed by atoms with Gasteiger partial charge in [0.15, 0.2) is 6.23 Å². The summed E-state index contributed by atoms with van der Waals surface area (Å²) < 4.78 is 42.2. The van der Waals surface area contributed by atoms with Crippen molar-refractivity contribution in [3.05, 3.63) is 29.8 Å². The van der Waals surface area contributed by atoms with Crippen molar-refractivity contribution in [3.8, 4) is 0 Å². The van der Waals surface area contributed by atoms with Crippen LogP contribution in [0.3, 0.4) is 0 Å². The molecule has 0 fully saturated rings. The lowest BCUT2D eigenvalue weighted by molar-refractivity contribution is -0.147. The zero-order valence-corrected chi connectivity index (χ0v) is 10.8. The van der Waals surface area contributed by atoms with Crippen molar-refractivity contribution in [2.45, 2.75) is 39.1 Å². The molecule has 19 heavy (non-hydrogen) atoms. The minimum absolute atomic E-state index is 0.255. The average Bonchev–Trinajstić information content (AvgIpc) is 2.37. The van der Waals surface area contributed by atoms with Gasteiger partial charge in [0.05, 0.1) is 5.56 Å². The van der Waals surface area contributed by atoms with Crippen molar-refractivity contribution in [1.82, 2.24) is 0 Å². The summed E-state index contributed by atoms with van der Waals surface area (Å²) >= 11 is 0. The lowest BCUT2D eigenvalue weighted by atomic mass is 10.2. The molecule has 0 saturated heterocycles. The van der Waals surface area contributed by atoms with E-state index in [1.54, 1.807) is 6.92 Å². The molecule has 6 heteroatoms. The summed E-state index contributed by atoms with van der Waals surface area (Å²) in [6.45, 7) is 3.48. The zero-order valence-electron chi connectivity index (χ0n) is 10.8. The number of esters is 1. The van der Waals surface area contributed by atoms with Gasteiger partial charge in [0.2, 0.25) is 0 Å². The van der Waals surface area contributed by atoms with Crippen molar-refractivity contribution >= 4 is 11.7 Å². The fraction of sp³-hybridized carbons (Fsp3) is 0.462. The molecule has 0 heterocycles. The van der Waals surface area contributed by atoms with Crippen molar-refractivity contribution in [3.63, 3.8) is 0 Å². The first-order chi connectivity index (χ1) is 8.86. The highest BCUT2D eigenvalue weighted by molar-refractivity contribution is 5.69. The first-order valence-electron chi connectivity index (χ1n) is 6.00. The van der Waals surface area contributed by atoms with Crippen LogP contribution >= 0.6 is 0 Å². The molecule has 3 nitrogen and oxygen atoms in total. The van der Waals surface area contributed by atoms with Crippen LogP contribution in [0.15, 0.2) is 24.3 Å². The number of carbonyl (C=O) groups excluding carboxylic acids is 1. The molecule has 1 aromatic carbocycles. The quantitative estimate of drug-likeness (QED) is 0.656. The lowest BCUT2D eigenvalue weighted by Gasteiger charge is -2.19. The van der Waals surface area contributed by atoms with E-state index in [0.29, 0.717) is 12.1 Å². The molecule has 0 spiro atoms. The van der Waals surface area contributed by atoms with Crippen LogP contribution in [0.25, 0.3) is 0 Å². The SMILES string of the molecule is CCC(=O)OC(CC)Nc1ccc(C(F)(F)F)cc1. The van der Waals surface area contributed by atoms with E-state index in [0.717, 1.165) is 12.1 Å². The first-order valence-corrected chi connectivity index (χ1v) is 6.00. The second-order valence-corrected chi connectivity index (χ2v) is 3.96. The van der Waals surface area contributed by atoms with E-state index >= 15 is 0 Å². The number of nitrogens with one attached hydrogen (secondary N) is 1. The van der Waals surface area contributed by atoms with E-state index in [4.69, 9.17) is 4.74 Å². The molecule has 1 unspecified atom stereocenters. The Morgan fingerprint density at radius 2 is 1.84 bits per heavy atom. The van der Waals surface area contributed by atoms with Crippen LogP contribution in [-0.4, -0.2) is 12.2 Å². The van der Waals surface area contributed by atoms with Gasteiger partial charge < -0.3 is 10.1 Å². The third-order valence-electron chi connectivity index (χ3n) is 2.47. The maximum atomic E-state index is 12.4. The van der Waals surface area contributed by atoms with E-state index in [9.17, 15) is 18.0 Å². The highest BCUT2D eigenvalue weighted by atomic mass is 19.4. The Kier molecular flexibility index (Phi) is 5.20. The number of benzene rings is 1.